The van der Waals surface area contributed by atoms with Crippen LogP contribution in [0.4, 0.5) is 5.69 Å². The number of piperidine rings is 1. The molecule has 0 unspecified atom stereocenters. The summed E-state index contributed by atoms with van der Waals surface area (Å²) in [5.41, 5.74) is 0.311. The molecule has 0 spiro atoms. The second-order valence-corrected chi connectivity index (χ2v) is 17.1. The van der Waals surface area contributed by atoms with Crippen LogP contribution in [0.1, 0.15) is 32.1 Å². The van der Waals surface area contributed by atoms with Crippen LogP contribution in [0.15, 0.2) is 31.5 Å². The summed E-state index contributed by atoms with van der Waals surface area (Å²) in [4.78, 5) is 63.4. The molecule has 1 aromatic carbocycles. The second kappa shape index (κ2) is 18.7. The van der Waals surface area contributed by atoms with Crippen molar-refractivity contribution in [3.05, 3.63) is 48.6 Å². The first-order chi connectivity index (χ1) is 28.3. The van der Waals surface area contributed by atoms with Gasteiger partial charge in [-0.1, -0.05) is 6.42 Å². The molecule has 15 heteroatoms. The van der Waals surface area contributed by atoms with E-state index in [2.05, 4.69) is 48.8 Å². The van der Waals surface area contributed by atoms with Crippen molar-refractivity contribution >= 4 is 27.2 Å². The molecule has 8 rings (SSSR count). The van der Waals surface area contributed by atoms with Crippen LogP contribution in [0.3, 0.4) is 0 Å². The third kappa shape index (κ3) is 8.91. The summed E-state index contributed by atoms with van der Waals surface area (Å²) < 4.78 is 8.42. The summed E-state index contributed by atoms with van der Waals surface area (Å²) in [5, 5.41) is 17.8. The van der Waals surface area contributed by atoms with E-state index in [1.54, 1.807) is 6.07 Å². The highest BCUT2D eigenvalue weighted by Gasteiger charge is 2.29. The molecular formula is C43H64N10O5. The molecule has 4 fully saturated rings. The van der Waals surface area contributed by atoms with Gasteiger partial charge in [0.25, 0.3) is 16.7 Å². The normalized spacial score (nSPS) is 20.7. The molecular weight excluding hydrogens is 737 g/mol. The number of morpholine rings is 1. The predicted octanol–water partition coefficient (Wildman–Crippen LogP) is 0.768. The van der Waals surface area contributed by atoms with Crippen molar-refractivity contribution in [1.29, 1.82) is 0 Å². The zero-order valence-electron chi connectivity index (χ0n) is 34.9. The highest BCUT2D eigenvalue weighted by atomic mass is 16.5. The summed E-state index contributed by atoms with van der Waals surface area (Å²) in [5.74, 6) is -0.127. The Morgan fingerprint density at radius 2 is 1.21 bits per heavy atom. The summed E-state index contributed by atoms with van der Waals surface area (Å²) >= 11 is 0. The number of likely N-dealkylation sites (tertiary alicyclic amines) is 1. The van der Waals surface area contributed by atoms with E-state index < -0.39 is 0 Å². The average Bonchev–Trinajstić information content (AvgIpc) is 3.24. The topological polar surface area (TPSA) is 134 Å². The van der Waals surface area contributed by atoms with E-state index in [9.17, 15) is 19.5 Å². The number of aromatic nitrogens is 2. The van der Waals surface area contributed by atoms with Crippen LogP contribution in [-0.2, 0) is 17.8 Å². The highest BCUT2D eigenvalue weighted by Crippen LogP contribution is 2.40. The molecule has 2 aromatic rings. The first-order valence-electron chi connectivity index (χ1n) is 21.9. The van der Waals surface area contributed by atoms with Gasteiger partial charge in [-0.25, -0.2) is 0 Å². The lowest BCUT2D eigenvalue weighted by Gasteiger charge is -2.32. The van der Waals surface area contributed by atoms with Gasteiger partial charge in [0.05, 0.1) is 41.5 Å². The number of piperazine rings is 2. The van der Waals surface area contributed by atoms with Crippen LogP contribution in [-0.4, -0.2) is 189 Å². The van der Waals surface area contributed by atoms with Gasteiger partial charge >= 0.3 is 0 Å². The van der Waals surface area contributed by atoms with Gasteiger partial charge in [0.1, 0.15) is 0 Å². The maximum absolute atomic E-state index is 14.8. The Kier molecular flexibility index (Phi) is 13.2. The predicted molar refractivity (Wildman–Crippen MR) is 230 cm³/mol. The summed E-state index contributed by atoms with van der Waals surface area (Å²) in [6.07, 6.45) is 4.98. The first-order valence-corrected chi connectivity index (χ1v) is 21.9. The fraction of sp³-hybridized carbons (Fsp3) is 0.674. The molecule has 5 aliphatic heterocycles. The van der Waals surface area contributed by atoms with Gasteiger partial charge in [0.15, 0.2) is 0 Å². The van der Waals surface area contributed by atoms with E-state index in [0.717, 1.165) is 105 Å². The Morgan fingerprint density at radius 3 is 1.88 bits per heavy atom. The van der Waals surface area contributed by atoms with E-state index in [1.165, 1.54) is 28.4 Å². The summed E-state index contributed by atoms with van der Waals surface area (Å²) in [6.45, 7) is 17.8. The molecule has 0 saturated carbocycles. The van der Waals surface area contributed by atoms with Gasteiger partial charge in [0.2, 0.25) is 5.88 Å². The molecule has 2 N–H and O–H groups in total. The van der Waals surface area contributed by atoms with E-state index in [4.69, 9.17) is 9.73 Å². The van der Waals surface area contributed by atoms with Gasteiger partial charge < -0.3 is 29.9 Å². The lowest BCUT2D eigenvalue weighted by molar-refractivity contribution is 0.0369. The maximum Gasteiger partial charge on any atom is 0.263 e. The number of benzene rings is 2. The van der Waals surface area contributed by atoms with Crippen LogP contribution in [0.5, 0.6) is 5.88 Å². The molecule has 15 nitrogen and oxygen atoms in total. The van der Waals surface area contributed by atoms with Crippen molar-refractivity contribution < 1.29 is 9.84 Å². The van der Waals surface area contributed by atoms with Crippen LogP contribution < -0.4 is 27.4 Å². The second-order valence-electron chi connectivity index (χ2n) is 17.1. The number of likely N-dealkylation sites (N-methyl/N-ethyl adjacent to an activating group) is 2. The number of ether oxygens (including phenoxy) is 1. The number of pyridine rings is 2. The Morgan fingerprint density at radius 1 is 0.621 bits per heavy atom. The van der Waals surface area contributed by atoms with Gasteiger partial charge in [-0.15, -0.1) is 0 Å². The van der Waals surface area contributed by atoms with E-state index in [0.29, 0.717) is 89.4 Å². The number of rotatable bonds is 15. The smallest absolute Gasteiger partial charge is 0.263 e. The van der Waals surface area contributed by atoms with Gasteiger partial charge in [0, 0.05) is 127 Å². The number of hydrogen-bond donors (Lipinski definition) is 2. The fourth-order valence-electron chi connectivity index (χ4n) is 9.54. The minimum atomic E-state index is -0.377. The molecule has 0 atom stereocenters. The number of aromatic hydroxyl groups is 1. The highest BCUT2D eigenvalue weighted by molar-refractivity contribution is 6.18. The van der Waals surface area contributed by atoms with E-state index >= 15 is 0 Å². The van der Waals surface area contributed by atoms with Crippen LogP contribution in [0.2, 0.25) is 0 Å². The first kappa shape index (κ1) is 41.1. The number of hydrogen-bond acceptors (Lipinski definition) is 13. The monoisotopic (exact) mass is 801 g/mol. The van der Waals surface area contributed by atoms with Crippen molar-refractivity contribution in [1.82, 2.24) is 38.5 Å². The zero-order chi connectivity index (χ0) is 40.2. The summed E-state index contributed by atoms with van der Waals surface area (Å²) in [6, 6.07) is 3.61. The van der Waals surface area contributed by atoms with Gasteiger partial charge in [-0.2, -0.15) is 0 Å². The van der Waals surface area contributed by atoms with Crippen LogP contribution >= 0.6 is 0 Å². The lowest BCUT2D eigenvalue weighted by atomic mass is 9.89. The third-order valence-corrected chi connectivity index (χ3v) is 13.2. The van der Waals surface area contributed by atoms with Crippen LogP contribution in [0.25, 0.3) is 32.7 Å². The SMILES string of the molecule is CN1CCN(CCN=c2cc3c(=O)n(CCCN4CCOCC4)c(=O)c4c(NCCN5CCN(C)CC5)cc5c(O)n(CCCN6CCCCC6)c(=O)c2c5c4-3)CC1. The average molecular weight is 801 g/mol. The molecule has 6 aliphatic rings. The molecule has 6 heterocycles. The Bertz CT molecular complexity index is 2200. The Balaban J connectivity index is 1.24. The minimum Gasteiger partial charge on any atom is -0.494 e. The zero-order valence-corrected chi connectivity index (χ0v) is 34.9. The molecule has 1 aliphatic carbocycles. The largest absolute Gasteiger partial charge is 0.494 e. The fourth-order valence-corrected chi connectivity index (χ4v) is 9.54. The van der Waals surface area contributed by atoms with Crippen LogP contribution in [0, 0.1) is 0 Å². The van der Waals surface area contributed by atoms with E-state index in [1.807, 2.05) is 6.07 Å². The third-order valence-electron chi connectivity index (χ3n) is 13.2. The van der Waals surface area contributed by atoms with Crippen molar-refractivity contribution in [3.63, 3.8) is 0 Å². The molecule has 0 radical (unpaired) electrons. The van der Waals surface area contributed by atoms with Gasteiger partial charge in [-0.3, -0.25) is 43.2 Å². The standard InChI is InChI=1S/C43H64N10O5/c1-46-18-22-50(23-19-46)16-8-44-34-31-33-37-36-32(40(54)52(42(56)38(34)36)14-6-12-48-10-4-3-5-11-48)30-35(45-9-17-51-24-20-47(2)21-25-51)39(37)43(57)53(41(33)55)15-7-13-49-26-28-58-29-27-49/h30-31,45,54H,3-29H2,1-2H3. The molecule has 58 heavy (non-hydrogen) atoms. The lowest BCUT2D eigenvalue weighted by Crippen LogP contribution is -2.45. The summed E-state index contributed by atoms with van der Waals surface area (Å²) in [7, 11) is 4.28. The Hall–Kier alpha value is -3.70. The van der Waals surface area contributed by atoms with Crippen molar-refractivity contribution in [3.8, 4) is 17.0 Å². The quantitative estimate of drug-likeness (QED) is 0.165. The molecule has 4 saturated heterocycles. The van der Waals surface area contributed by atoms with Crippen molar-refractivity contribution in [2.24, 2.45) is 4.99 Å². The maximum atomic E-state index is 14.8. The van der Waals surface area contributed by atoms with Crippen molar-refractivity contribution in [2.75, 3.05) is 150 Å². The molecule has 1 aromatic heterocycles. The number of nitrogens with one attached hydrogen (secondary N) is 1. The molecule has 0 bridgehead atoms. The van der Waals surface area contributed by atoms with Crippen molar-refractivity contribution in [2.45, 2.75) is 45.2 Å². The number of nitrogens with zero attached hydrogens (tertiary/aromatic N) is 9. The van der Waals surface area contributed by atoms with Gasteiger partial charge in [-0.05, 0) is 71.5 Å². The molecule has 316 valence electrons. The minimum absolute atomic E-state index is 0.127. The number of anilines is 1. The van der Waals surface area contributed by atoms with E-state index in [-0.39, 0.29) is 29.1 Å². The molecule has 0 amide bonds. The Labute approximate surface area is 341 Å².